The predicted molar refractivity (Wildman–Crippen MR) is 68.8 cm³/mol. The smallest absolute Gasteiger partial charge is 0.0795 e. The Kier molecular flexibility index (Phi) is 3.93. The molecule has 84 valence electrons. The molecule has 0 aliphatic rings. The summed E-state index contributed by atoms with van der Waals surface area (Å²) >= 11 is 7.67. The highest BCUT2D eigenvalue weighted by atomic mass is 35.5. The molecule has 0 bridgehead atoms. The summed E-state index contributed by atoms with van der Waals surface area (Å²) in [5.74, 6) is 0. The third kappa shape index (κ3) is 3.04. The van der Waals surface area contributed by atoms with Gasteiger partial charge >= 0.3 is 0 Å². The molecule has 0 saturated heterocycles. The number of nitrogens with zero attached hydrogens (tertiary/aromatic N) is 1. The molecule has 0 unspecified atom stereocenters. The first kappa shape index (κ1) is 11.6. The van der Waals surface area contributed by atoms with Crippen LogP contribution in [0.4, 0.5) is 0 Å². The van der Waals surface area contributed by atoms with Crippen molar-refractivity contribution in [1.29, 1.82) is 0 Å². The third-order valence-electron chi connectivity index (χ3n) is 2.35. The first-order chi connectivity index (χ1) is 7.75. The Labute approximate surface area is 104 Å². The molecule has 0 aliphatic heterocycles. The zero-order valence-electron chi connectivity index (χ0n) is 9.03. The molecule has 4 heteroatoms. The van der Waals surface area contributed by atoms with Crippen LogP contribution in [0.3, 0.4) is 0 Å². The van der Waals surface area contributed by atoms with Crippen molar-refractivity contribution in [3.8, 4) is 0 Å². The Balaban J connectivity index is 1.87. The van der Waals surface area contributed by atoms with Crippen LogP contribution in [-0.2, 0) is 13.1 Å². The van der Waals surface area contributed by atoms with Crippen molar-refractivity contribution >= 4 is 22.9 Å². The minimum Gasteiger partial charge on any atom is -0.307 e. The average molecular weight is 253 g/mol. The van der Waals surface area contributed by atoms with E-state index in [9.17, 15) is 0 Å². The average Bonchev–Trinajstić information content (AvgIpc) is 2.76. The molecule has 1 N–H and O–H groups in total. The maximum Gasteiger partial charge on any atom is 0.0795 e. The standard InChI is InChI=1S/C12H13ClN2S/c1-9-2-3-10(4-12(9)13)5-14-6-11-7-16-8-15-11/h2-4,7-8,14H,5-6H2,1H3. The van der Waals surface area contributed by atoms with Crippen molar-refractivity contribution in [2.75, 3.05) is 0 Å². The number of hydrogen-bond acceptors (Lipinski definition) is 3. The van der Waals surface area contributed by atoms with E-state index in [2.05, 4.69) is 21.7 Å². The van der Waals surface area contributed by atoms with Crippen molar-refractivity contribution in [3.63, 3.8) is 0 Å². The summed E-state index contributed by atoms with van der Waals surface area (Å²) in [5, 5.41) is 6.21. The minimum absolute atomic E-state index is 0.801. The third-order valence-corrected chi connectivity index (χ3v) is 3.40. The summed E-state index contributed by atoms with van der Waals surface area (Å²) < 4.78 is 0. The second-order valence-corrected chi connectivity index (χ2v) is 4.79. The lowest BCUT2D eigenvalue weighted by Crippen LogP contribution is -2.12. The summed E-state index contributed by atoms with van der Waals surface area (Å²) in [6.45, 7) is 3.63. The summed E-state index contributed by atoms with van der Waals surface area (Å²) in [5.41, 5.74) is 5.25. The molecule has 2 nitrogen and oxygen atoms in total. The summed E-state index contributed by atoms with van der Waals surface area (Å²) in [4.78, 5) is 4.21. The highest BCUT2D eigenvalue weighted by Crippen LogP contribution is 2.16. The number of hydrogen-bond donors (Lipinski definition) is 1. The SMILES string of the molecule is Cc1ccc(CNCc2cscn2)cc1Cl. The van der Waals surface area contributed by atoms with E-state index in [1.54, 1.807) is 11.3 Å². The number of aryl methyl sites for hydroxylation is 1. The van der Waals surface area contributed by atoms with Crippen LogP contribution in [0, 0.1) is 6.92 Å². The van der Waals surface area contributed by atoms with Crippen molar-refractivity contribution in [2.24, 2.45) is 0 Å². The normalized spacial score (nSPS) is 10.6. The van der Waals surface area contributed by atoms with E-state index in [-0.39, 0.29) is 0 Å². The molecular weight excluding hydrogens is 240 g/mol. The molecule has 0 atom stereocenters. The molecule has 0 amide bonds. The number of halogens is 1. The Morgan fingerprint density at radius 3 is 2.94 bits per heavy atom. The molecule has 2 aromatic rings. The predicted octanol–water partition coefficient (Wildman–Crippen LogP) is 3.39. The van der Waals surface area contributed by atoms with Gasteiger partial charge in [0.15, 0.2) is 0 Å². The number of rotatable bonds is 4. The lowest BCUT2D eigenvalue weighted by molar-refractivity contribution is 0.682. The van der Waals surface area contributed by atoms with E-state index in [1.165, 1.54) is 5.56 Å². The highest BCUT2D eigenvalue weighted by Gasteiger charge is 1.98. The number of aromatic nitrogens is 1. The van der Waals surface area contributed by atoms with Gasteiger partial charge in [-0.2, -0.15) is 0 Å². The summed E-state index contributed by atoms with van der Waals surface area (Å²) in [7, 11) is 0. The van der Waals surface area contributed by atoms with Crippen LogP contribution in [0.25, 0.3) is 0 Å². The maximum absolute atomic E-state index is 6.05. The first-order valence-corrected chi connectivity index (χ1v) is 6.40. The Morgan fingerprint density at radius 2 is 2.25 bits per heavy atom. The largest absolute Gasteiger partial charge is 0.307 e. The lowest BCUT2D eigenvalue weighted by Gasteiger charge is -2.05. The van der Waals surface area contributed by atoms with Crippen molar-refractivity contribution in [2.45, 2.75) is 20.0 Å². The quantitative estimate of drug-likeness (QED) is 0.902. The fraction of sp³-hybridized carbons (Fsp3) is 0.250. The van der Waals surface area contributed by atoms with E-state index in [4.69, 9.17) is 11.6 Å². The highest BCUT2D eigenvalue weighted by molar-refractivity contribution is 7.07. The van der Waals surface area contributed by atoms with Gasteiger partial charge in [-0.05, 0) is 24.1 Å². The molecule has 0 radical (unpaired) electrons. The van der Waals surface area contributed by atoms with Gasteiger partial charge in [0.2, 0.25) is 0 Å². The van der Waals surface area contributed by atoms with Gasteiger partial charge in [-0.15, -0.1) is 11.3 Å². The van der Waals surface area contributed by atoms with E-state index < -0.39 is 0 Å². The van der Waals surface area contributed by atoms with E-state index in [0.717, 1.165) is 29.4 Å². The van der Waals surface area contributed by atoms with Gasteiger partial charge in [0.25, 0.3) is 0 Å². The van der Waals surface area contributed by atoms with Gasteiger partial charge in [-0.1, -0.05) is 23.7 Å². The van der Waals surface area contributed by atoms with E-state index in [1.807, 2.05) is 24.6 Å². The Morgan fingerprint density at radius 1 is 1.38 bits per heavy atom. The van der Waals surface area contributed by atoms with Gasteiger partial charge in [-0.25, -0.2) is 4.98 Å². The van der Waals surface area contributed by atoms with Gasteiger partial charge in [0, 0.05) is 23.5 Å². The molecular formula is C12H13ClN2S. The molecule has 0 aliphatic carbocycles. The summed E-state index contributed by atoms with van der Waals surface area (Å²) in [6, 6.07) is 6.14. The zero-order valence-corrected chi connectivity index (χ0v) is 10.6. The molecule has 1 aromatic heterocycles. The molecule has 1 aromatic carbocycles. The molecule has 0 spiro atoms. The Bertz CT molecular complexity index is 454. The fourth-order valence-corrected chi connectivity index (χ4v) is 2.17. The van der Waals surface area contributed by atoms with Crippen LogP contribution >= 0.6 is 22.9 Å². The molecule has 0 fully saturated rings. The second-order valence-electron chi connectivity index (χ2n) is 3.67. The van der Waals surface area contributed by atoms with Crippen molar-refractivity contribution in [3.05, 3.63) is 50.9 Å². The molecule has 0 saturated carbocycles. The molecule has 16 heavy (non-hydrogen) atoms. The Hall–Kier alpha value is -0.900. The van der Waals surface area contributed by atoms with Crippen LogP contribution in [0.5, 0.6) is 0 Å². The van der Waals surface area contributed by atoms with Crippen molar-refractivity contribution < 1.29 is 0 Å². The first-order valence-electron chi connectivity index (χ1n) is 5.08. The van der Waals surface area contributed by atoms with Crippen LogP contribution < -0.4 is 5.32 Å². The van der Waals surface area contributed by atoms with Crippen LogP contribution in [0.2, 0.25) is 5.02 Å². The molecule has 1 heterocycles. The number of nitrogens with one attached hydrogen (secondary N) is 1. The minimum atomic E-state index is 0.801. The fourth-order valence-electron chi connectivity index (χ4n) is 1.41. The van der Waals surface area contributed by atoms with Gasteiger partial charge in [-0.3, -0.25) is 0 Å². The lowest BCUT2D eigenvalue weighted by atomic mass is 10.1. The maximum atomic E-state index is 6.05. The van der Waals surface area contributed by atoms with Crippen LogP contribution in [0.15, 0.2) is 29.1 Å². The van der Waals surface area contributed by atoms with Crippen LogP contribution in [-0.4, -0.2) is 4.98 Å². The van der Waals surface area contributed by atoms with Crippen molar-refractivity contribution in [1.82, 2.24) is 10.3 Å². The zero-order chi connectivity index (χ0) is 11.4. The van der Waals surface area contributed by atoms with Gasteiger partial charge in [0.1, 0.15) is 0 Å². The topological polar surface area (TPSA) is 24.9 Å². The van der Waals surface area contributed by atoms with Gasteiger partial charge < -0.3 is 5.32 Å². The molecule has 2 rings (SSSR count). The number of thiazole rings is 1. The monoisotopic (exact) mass is 252 g/mol. The van der Waals surface area contributed by atoms with Crippen LogP contribution in [0.1, 0.15) is 16.8 Å². The van der Waals surface area contributed by atoms with E-state index in [0.29, 0.717) is 0 Å². The number of benzene rings is 1. The summed E-state index contributed by atoms with van der Waals surface area (Å²) in [6.07, 6.45) is 0. The second kappa shape index (κ2) is 5.43. The van der Waals surface area contributed by atoms with E-state index >= 15 is 0 Å². The van der Waals surface area contributed by atoms with Gasteiger partial charge in [0.05, 0.1) is 11.2 Å².